The SMILES string of the molecule is [CH2]CC/C=C/CC(C)C. The number of unbranched alkanes of at least 4 members (excludes halogenated alkanes) is 1. The molecular weight excluding hydrogens is 108 g/mol. The van der Waals surface area contributed by atoms with Gasteiger partial charge in [-0.2, -0.15) is 0 Å². The Morgan fingerprint density at radius 3 is 2.44 bits per heavy atom. The van der Waals surface area contributed by atoms with E-state index in [4.69, 9.17) is 0 Å². The summed E-state index contributed by atoms with van der Waals surface area (Å²) in [4.78, 5) is 0. The van der Waals surface area contributed by atoms with Crippen molar-refractivity contribution < 1.29 is 0 Å². The Morgan fingerprint density at radius 1 is 1.33 bits per heavy atom. The van der Waals surface area contributed by atoms with Crippen molar-refractivity contribution in [1.29, 1.82) is 0 Å². The zero-order chi connectivity index (χ0) is 7.11. The van der Waals surface area contributed by atoms with Gasteiger partial charge in [0.05, 0.1) is 0 Å². The van der Waals surface area contributed by atoms with Gasteiger partial charge in [0.2, 0.25) is 0 Å². The Hall–Kier alpha value is -0.260. The van der Waals surface area contributed by atoms with Crippen LogP contribution in [0.4, 0.5) is 0 Å². The lowest BCUT2D eigenvalue weighted by Crippen LogP contribution is -1.80. The van der Waals surface area contributed by atoms with Crippen molar-refractivity contribution in [2.45, 2.75) is 33.1 Å². The molecule has 0 rings (SSSR count). The first-order valence-electron chi connectivity index (χ1n) is 3.71. The van der Waals surface area contributed by atoms with Crippen LogP contribution in [0.2, 0.25) is 0 Å². The molecule has 0 saturated carbocycles. The highest BCUT2D eigenvalue weighted by molar-refractivity contribution is 4.82. The molecule has 0 spiro atoms. The molecule has 53 valence electrons. The summed E-state index contributed by atoms with van der Waals surface area (Å²) in [6.45, 7) is 8.21. The average molecular weight is 125 g/mol. The summed E-state index contributed by atoms with van der Waals surface area (Å²) in [6.07, 6.45) is 7.82. The molecule has 0 nitrogen and oxygen atoms in total. The normalized spacial score (nSPS) is 11.6. The van der Waals surface area contributed by atoms with E-state index in [1.165, 1.54) is 6.42 Å². The minimum atomic E-state index is 0.797. The largest absolute Gasteiger partial charge is 0.0885 e. The molecule has 0 N–H and O–H groups in total. The lowest BCUT2D eigenvalue weighted by Gasteiger charge is -1.95. The van der Waals surface area contributed by atoms with Crippen LogP contribution in [0.5, 0.6) is 0 Å². The Balaban J connectivity index is 3.04. The van der Waals surface area contributed by atoms with E-state index in [0.29, 0.717) is 0 Å². The van der Waals surface area contributed by atoms with Crippen LogP contribution < -0.4 is 0 Å². The van der Waals surface area contributed by atoms with Gasteiger partial charge in [0, 0.05) is 0 Å². The minimum absolute atomic E-state index is 0.797. The highest BCUT2D eigenvalue weighted by atomic mass is 13.9. The van der Waals surface area contributed by atoms with Gasteiger partial charge in [-0.1, -0.05) is 32.9 Å². The van der Waals surface area contributed by atoms with Crippen molar-refractivity contribution in [2.24, 2.45) is 5.92 Å². The minimum Gasteiger partial charge on any atom is -0.0885 e. The molecule has 0 aliphatic heterocycles. The first kappa shape index (κ1) is 8.74. The fourth-order valence-electron chi connectivity index (χ4n) is 0.604. The molecule has 0 aromatic heterocycles. The van der Waals surface area contributed by atoms with E-state index >= 15 is 0 Å². The first-order valence-corrected chi connectivity index (χ1v) is 3.71. The quantitative estimate of drug-likeness (QED) is 0.506. The van der Waals surface area contributed by atoms with Crippen LogP contribution in [-0.4, -0.2) is 0 Å². The molecule has 0 bridgehead atoms. The molecule has 9 heavy (non-hydrogen) atoms. The van der Waals surface area contributed by atoms with Gasteiger partial charge in [-0.25, -0.2) is 0 Å². The third kappa shape index (κ3) is 7.74. The number of hydrogen-bond donors (Lipinski definition) is 0. The van der Waals surface area contributed by atoms with E-state index in [1.54, 1.807) is 0 Å². The standard InChI is InChI=1S/C9H17/c1-4-5-6-7-8-9(2)3/h6-7,9H,1,4-5,8H2,2-3H3/b7-6+. The summed E-state index contributed by atoms with van der Waals surface area (Å²) in [7, 11) is 0. The Labute approximate surface area is 59.0 Å². The molecule has 1 radical (unpaired) electrons. The van der Waals surface area contributed by atoms with Crippen LogP contribution in [0, 0.1) is 12.8 Å². The predicted molar refractivity (Wildman–Crippen MR) is 43.2 cm³/mol. The molecule has 0 aliphatic carbocycles. The first-order chi connectivity index (χ1) is 4.27. The molecule has 0 saturated heterocycles. The van der Waals surface area contributed by atoms with Crippen LogP contribution in [0.3, 0.4) is 0 Å². The van der Waals surface area contributed by atoms with Crippen molar-refractivity contribution in [2.75, 3.05) is 0 Å². The zero-order valence-corrected chi connectivity index (χ0v) is 6.56. The summed E-state index contributed by atoms with van der Waals surface area (Å²) in [5.41, 5.74) is 0. The van der Waals surface area contributed by atoms with Crippen LogP contribution in [0.1, 0.15) is 33.1 Å². The molecule has 0 heterocycles. The molecule has 0 aromatic rings. The topological polar surface area (TPSA) is 0 Å². The smallest absolute Gasteiger partial charge is 0.0327 e. The van der Waals surface area contributed by atoms with Gasteiger partial charge in [-0.3, -0.25) is 0 Å². The Morgan fingerprint density at radius 2 is 2.00 bits per heavy atom. The van der Waals surface area contributed by atoms with E-state index in [9.17, 15) is 0 Å². The monoisotopic (exact) mass is 125 g/mol. The third-order valence-corrected chi connectivity index (χ3v) is 1.14. The van der Waals surface area contributed by atoms with E-state index < -0.39 is 0 Å². The van der Waals surface area contributed by atoms with Gasteiger partial charge in [-0.15, -0.1) is 0 Å². The Bertz CT molecular complexity index is 70.1. The molecule has 0 heteroatoms. The molecule has 0 unspecified atom stereocenters. The lowest BCUT2D eigenvalue weighted by atomic mass is 10.1. The fourth-order valence-corrected chi connectivity index (χ4v) is 0.604. The molecule has 0 fully saturated rings. The maximum atomic E-state index is 3.75. The molecule has 0 aliphatic rings. The second-order valence-corrected chi connectivity index (χ2v) is 2.74. The number of hydrogen-bond acceptors (Lipinski definition) is 0. The van der Waals surface area contributed by atoms with Crippen molar-refractivity contribution >= 4 is 0 Å². The zero-order valence-electron chi connectivity index (χ0n) is 6.56. The molecule has 0 atom stereocenters. The van der Waals surface area contributed by atoms with Gasteiger partial charge in [0.1, 0.15) is 0 Å². The Kier molecular flexibility index (Phi) is 5.70. The van der Waals surface area contributed by atoms with Gasteiger partial charge in [-0.05, 0) is 25.2 Å². The van der Waals surface area contributed by atoms with Crippen molar-refractivity contribution in [3.63, 3.8) is 0 Å². The summed E-state index contributed by atoms with van der Waals surface area (Å²) in [5, 5.41) is 0. The van der Waals surface area contributed by atoms with Crippen molar-refractivity contribution in [3.8, 4) is 0 Å². The van der Waals surface area contributed by atoms with Gasteiger partial charge < -0.3 is 0 Å². The average Bonchev–Trinajstić information content (AvgIpc) is 1.80. The van der Waals surface area contributed by atoms with Crippen molar-refractivity contribution in [1.82, 2.24) is 0 Å². The summed E-state index contributed by atoms with van der Waals surface area (Å²) in [5.74, 6) is 0.797. The van der Waals surface area contributed by atoms with Gasteiger partial charge >= 0.3 is 0 Å². The van der Waals surface area contributed by atoms with Crippen LogP contribution in [-0.2, 0) is 0 Å². The van der Waals surface area contributed by atoms with E-state index in [0.717, 1.165) is 18.8 Å². The summed E-state index contributed by atoms with van der Waals surface area (Å²) < 4.78 is 0. The van der Waals surface area contributed by atoms with E-state index in [2.05, 4.69) is 32.9 Å². The van der Waals surface area contributed by atoms with Crippen molar-refractivity contribution in [3.05, 3.63) is 19.1 Å². The maximum absolute atomic E-state index is 3.75. The second-order valence-electron chi connectivity index (χ2n) is 2.74. The van der Waals surface area contributed by atoms with E-state index in [1.807, 2.05) is 0 Å². The predicted octanol–water partition coefficient (Wildman–Crippen LogP) is 3.20. The van der Waals surface area contributed by atoms with Crippen LogP contribution in [0.15, 0.2) is 12.2 Å². The van der Waals surface area contributed by atoms with Gasteiger partial charge in [0.25, 0.3) is 0 Å². The lowest BCUT2D eigenvalue weighted by molar-refractivity contribution is 0.662. The highest BCUT2D eigenvalue weighted by Crippen LogP contribution is 2.00. The summed E-state index contributed by atoms with van der Waals surface area (Å²) >= 11 is 0. The molecule has 0 amide bonds. The number of allylic oxidation sites excluding steroid dienone is 2. The second kappa shape index (κ2) is 5.87. The van der Waals surface area contributed by atoms with Gasteiger partial charge in [0.15, 0.2) is 0 Å². The van der Waals surface area contributed by atoms with E-state index in [-0.39, 0.29) is 0 Å². The molecule has 0 aromatic carbocycles. The highest BCUT2D eigenvalue weighted by Gasteiger charge is 1.85. The maximum Gasteiger partial charge on any atom is -0.0327 e. The third-order valence-electron chi connectivity index (χ3n) is 1.14. The fraction of sp³-hybridized carbons (Fsp3) is 0.667. The summed E-state index contributed by atoms with van der Waals surface area (Å²) in [6, 6.07) is 0. The van der Waals surface area contributed by atoms with Crippen LogP contribution >= 0.6 is 0 Å². The number of rotatable bonds is 4. The van der Waals surface area contributed by atoms with Crippen LogP contribution in [0.25, 0.3) is 0 Å². The molecular formula is C9H17.